The predicted molar refractivity (Wildman–Crippen MR) is 97.2 cm³/mol. The number of aryl methyl sites for hydroxylation is 2. The van der Waals surface area contributed by atoms with Gasteiger partial charge < -0.3 is 15.4 Å². The van der Waals surface area contributed by atoms with Gasteiger partial charge in [0.1, 0.15) is 0 Å². The molecule has 2 rings (SSSR count). The zero-order chi connectivity index (χ0) is 16.5. The molecule has 1 aromatic heterocycles. The molecule has 0 aliphatic heterocycles. The fraction of sp³-hybridized carbons (Fsp3) is 0.765. The highest BCUT2D eigenvalue weighted by atomic mass is 32.1. The van der Waals surface area contributed by atoms with Crippen LogP contribution in [0.2, 0.25) is 0 Å². The molecule has 0 aromatic carbocycles. The van der Waals surface area contributed by atoms with Crippen molar-refractivity contribution in [2.45, 2.75) is 65.0 Å². The van der Waals surface area contributed by atoms with Crippen LogP contribution in [0.15, 0.2) is 4.99 Å². The van der Waals surface area contributed by atoms with E-state index in [9.17, 15) is 0 Å². The van der Waals surface area contributed by atoms with Gasteiger partial charge >= 0.3 is 0 Å². The van der Waals surface area contributed by atoms with Gasteiger partial charge in [0.2, 0.25) is 0 Å². The normalized spacial score (nSPS) is 16.6. The maximum atomic E-state index is 5.94. The Morgan fingerprint density at radius 3 is 2.70 bits per heavy atom. The van der Waals surface area contributed by atoms with Crippen molar-refractivity contribution >= 4 is 17.3 Å². The molecular weight excluding hydrogens is 308 g/mol. The van der Waals surface area contributed by atoms with E-state index in [1.165, 1.54) is 37.0 Å². The third kappa shape index (κ3) is 6.47. The lowest BCUT2D eigenvalue weighted by Crippen LogP contribution is -2.37. The molecule has 1 saturated carbocycles. The van der Waals surface area contributed by atoms with Gasteiger partial charge in [0.25, 0.3) is 0 Å². The Labute approximate surface area is 144 Å². The summed E-state index contributed by atoms with van der Waals surface area (Å²) < 4.78 is 5.94. The van der Waals surface area contributed by atoms with E-state index < -0.39 is 0 Å². The topological polar surface area (TPSA) is 58.5 Å². The van der Waals surface area contributed by atoms with E-state index in [-0.39, 0.29) is 0 Å². The third-order valence-corrected chi connectivity index (χ3v) is 5.23. The monoisotopic (exact) mass is 338 g/mol. The van der Waals surface area contributed by atoms with Crippen molar-refractivity contribution in [3.8, 4) is 0 Å². The van der Waals surface area contributed by atoms with Crippen LogP contribution in [-0.2, 0) is 11.3 Å². The Bertz CT molecular complexity index is 495. The van der Waals surface area contributed by atoms with Crippen LogP contribution in [0.4, 0.5) is 0 Å². The lowest BCUT2D eigenvalue weighted by atomic mass is 9.98. The summed E-state index contributed by atoms with van der Waals surface area (Å²) in [6, 6.07) is 0. The molecule has 0 spiro atoms. The van der Waals surface area contributed by atoms with E-state index in [0.29, 0.717) is 6.10 Å². The van der Waals surface area contributed by atoms with E-state index in [4.69, 9.17) is 4.74 Å². The van der Waals surface area contributed by atoms with Crippen LogP contribution >= 0.6 is 11.3 Å². The largest absolute Gasteiger partial charge is 0.378 e. The van der Waals surface area contributed by atoms with Crippen molar-refractivity contribution in [2.24, 2.45) is 4.99 Å². The van der Waals surface area contributed by atoms with Gasteiger partial charge in [-0.25, -0.2) is 4.98 Å². The van der Waals surface area contributed by atoms with Crippen molar-refractivity contribution in [1.82, 2.24) is 15.6 Å². The quantitative estimate of drug-likeness (QED) is 0.455. The zero-order valence-corrected chi connectivity index (χ0v) is 15.5. The second-order valence-corrected chi connectivity index (χ2v) is 7.37. The average molecular weight is 339 g/mol. The van der Waals surface area contributed by atoms with Crippen molar-refractivity contribution in [2.75, 3.05) is 20.2 Å². The van der Waals surface area contributed by atoms with Gasteiger partial charge in [-0.2, -0.15) is 0 Å². The van der Waals surface area contributed by atoms with Gasteiger partial charge in [-0.3, -0.25) is 4.99 Å². The molecule has 1 aliphatic carbocycles. The van der Waals surface area contributed by atoms with Crippen LogP contribution in [0.25, 0.3) is 0 Å². The summed E-state index contributed by atoms with van der Waals surface area (Å²) in [4.78, 5) is 9.98. The van der Waals surface area contributed by atoms with Gasteiger partial charge in [-0.15, -0.1) is 11.3 Å². The number of thiazole rings is 1. The van der Waals surface area contributed by atoms with E-state index in [0.717, 1.165) is 42.8 Å². The van der Waals surface area contributed by atoms with Gasteiger partial charge in [0, 0.05) is 25.1 Å². The Balaban J connectivity index is 1.58. The standard InChI is InChI=1S/C17H30N4OS/c1-13-16(23-14(2)21-13)12-20-17(18-3)19-10-7-11-22-15-8-5-4-6-9-15/h15H,4-12H2,1-3H3,(H2,18,19,20). The Morgan fingerprint density at radius 2 is 2.04 bits per heavy atom. The van der Waals surface area contributed by atoms with Crippen LogP contribution in [0.5, 0.6) is 0 Å². The SMILES string of the molecule is CN=C(NCCCOC1CCCCC1)NCc1sc(C)nc1C. The highest BCUT2D eigenvalue weighted by Gasteiger charge is 2.13. The molecule has 0 radical (unpaired) electrons. The minimum Gasteiger partial charge on any atom is -0.378 e. The Morgan fingerprint density at radius 1 is 1.26 bits per heavy atom. The fourth-order valence-electron chi connectivity index (χ4n) is 2.88. The number of rotatable bonds is 7. The summed E-state index contributed by atoms with van der Waals surface area (Å²) in [5.74, 6) is 0.841. The maximum Gasteiger partial charge on any atom is 0.191 e. The molecule has 1 fully saturated rings. The molecule has 0 atom stereocenters. The van der Waals surface area contributed by atoms with Crippen molar-refractivity contribution in [3.63, 3.8) is 0 Å². The first-order valence-electron chi connectivity index (χ1n) is 8.68. The maximum absolute atomic E-state index is 5.94. The van der Waals surface area contributed by atoms with Crippen LogP contribution in [0.3, 0.4) is 0 Å². The molecule has 1 aliphatic rings. The van der Waals surface area contributed by atoms with E-state index in [2.05, 4.69) is 27.5 Å². The fourth-order valence-corrected chi connectivity index (χ4v) is 3.76. The summed E-state index contributed by atoms with van der Waals surface area (Å²) >= 11 is 1.74. The Hall–Kier alpha value is -1.14. The number of aromatic nitrogens is 1. The minimum absolute atomic E-state index is 0.499. The minimum atomic E-state index is 0.499. The molecule has 0 unspecified atom stereocenters. The molecule has 0 bridgehead atoms. The molecule has 1 heterocycles. The Kier molecular flexibility index (Phi) is 7.82. The van der Waals surface area contributed by atoms with Crippen LogP contribution in [-0.4, -0.2) is 37.2 Å². The van der Waals surface area contributed by atoms with Crippen LogP contribution in [0.1, 0.15) is 54.1 Å². The van der Waals surface area contributed by atoms with Crippen molar-refractivity contribution in [3.05, 3.63) is 15.6 Å². The molecule has 130 valence electrons. The van der Waals surface area contributed by atoms with Gasteiger partial charge in [0.05, 0.1) is 23.4 Å². The van der Waals surface area contributed by atoms with E-state index >= 15 is 0 Å². The molecular formula is C17H30N4OS. The highest BCUT2D eigenvalue weighted by molar-refractivity contribution is 7.11. The smallest absolute Gasteiger partial charge is 0.191 e. The summed E-state index contributed by atoms with van der Waals surface area (Å²) in [7, 11) is 1.80. The lowest BCUT2D eigenvalue weighted by Gasteiger charge is -2.22. The summed E-state index contributed by atoms with van der Waals surface area (Å²) in [6.07, 6.45) is 8.03. The summed E-state index contributed by atoms with van der Waals surface area (Å²) in [5.41, 5.74) is 1.11. The number of nitrogens with zero attached hydrogens (tertiary/aromatic N) is 2. The van der Waals surface area contributed by atoms with Gasteiger partial charge in [-0.05, 0) is 33.1 Å². The summed E-state index contributed by atoms with van der Waals surface area (Å²) in [6.45, 7) is 6.59. The first-order valence-corrected chi connectivity index (χ1v) is 9.49. The first kappa shape index (κ1) is 18.2. The molecule has 23 heavy (non-hydrogen) atoms. The van der Waals surface area contributed by atoms with E-state index in [1.807, 2.05) is 6.92 Å². The number of hydrogen-bond acceptors (Lipinski definition) is 4. The number of guanidine groups is 1. The van der Waals surface area contributed by atoms with Crippen LogP contribution in [0, 0.1) is 13.8 Å². The van der Waals surface area contributed by atoms with Gasteiger partial charge in [-0.1, -0.05) is 19.3 Å². The molecule has 5 nitrogen and oxygen atoms in total. The first-order chi connectivity index (χ1) is 11.2. The van der Waals surface area contributed by atoms with Crippen LogP contribution < -0.4 is 10.6 Å². The third-order valence-electron chi connectivity index (χ3n) is 4.16. The lowest BCUT2D eigenvalue weighted by molar-refractivity contribution is 0.0277. The zero-order valence-electron chi connectivity index (χ0n) is 14.7. The predicted octanol–water partition coefficient (Wildman–Crippen LogP) is 3.16. The second-order valence-electron chi connectivity index (χ2n) is 6.08. The number of hydrogen-bond donors (Lipinski definition) is 2. The van der Waals surface area contributed by atoms with E-state index in [1.54, 1.807) is 18.4 Å². The molecule has 0 saturated heterocycles. The number of aliphatic imine (C=N–C) groups is 1. The van der Waals surface area contributed by atoms with Crippen molar-refractivity contribution < 1.29 is 4.74 Å². The number of ether oxygens (including phenoxy) is 1. The average Bonchev–Trinajstić information content (AvgIpc) is 2.88. The molecule has 0 amide bonds. The molecule has 1 aromatic rings. The second kappa shape index (κ2) is 9.88. The number of nitrogens with one attached hydrogen (secondary N) is 2. The van der Waals surface area contributed by atoms with Crippen molar-refractivity contribution in [1.29, 1.82) is 0 Å². The molecule has 2 N–H and O–H groups in total. The highest BCUT2D eigenvalue weighted by Crippen LogP contribution is 2.20. The summed E-state index contributed by atoms with van der Waals surface area (Å²) in [5, 5.41) is 7.81. The van der Waals surface area contributed by atoms with Gasteiger partial charge in [0.15, 0.2) is 5.96 Å². The molecule has 6 heteroatoms.